The summed E-state index contributed by atoms with van der Waals surface area (Å²) in [4.78, 5) is 18.9. The Morgan fingerprint density at radius 3 is 2.71 bits per heavy atom. The molecule has 4 rings (SSSR count). The lowest BCUT2D eigenvalue weighted by molar-refractivity contribution is -0.127. The molecule has 6 heteroatoms. The SMILES string of the molecule is Cc1cccc2c1NC(C(=O)NCCC1NOC(C)N1)(C1CCCCCC1)C2. The summed E-state index contributed by atoms with van der Waals surface area (Å²) in [6.45, 7) is 4.73. The number of carbonyl (C=O) groups excluding carboxylic acids is 1. The average molecular weight is 387 g/mol. The fraction of sp³-hybridized carbons (Fsp3) is 0.682. The van der Waals surface area contributed by atoms with Gasteiger partial charge in [-0.25, -0.2) is 0 Å². The van der Waals surface area contributed by atoms with Gasteiger partial charge in [-0.3, -0.25) is 14.9 Å². The third-order valence-electron chi connectivity index (χ3n) is 6.68. The van der Waals surface area contributed by atoms with E-state index in [0.717, 1.165) is 25.7 Å². The summed E-state index contributed by atoms with van der Waals surface area (Å²) < 4.78 is 0. The summed E-state index contributed by atoms with van der Waals surface area (Å²) in [5, 5.41) is 10.3. The van der Waals surface area contributed by atoms with Crippen molar-refractivity contribution in [1.29, 1.82) is 0 Å². The van der Waals surface area contributed by atoms with Crippen LogP contribution in [0.3, 0.4) is 0 Å². The van der Waals surface area contributed by atoms with Crippen molar-refractivity contribution in [2.75, 3.05) is 11.9 Å². The van der Waals surface area contributed by atoms with E-state index in [-0.39, 0.29) is 18.3 Å². The highest BCUT2D eigenvalue weighted by atomic mass is 16.7. The number of amides is 1. The summed E-state index contributed by atoms with van der Waals surface area (Å²) in [6, 6.07) is 6.41. The first-order valence-corrected chi connectivity index (χ1v) is 10.9. The van der Waals surface area contributed by atoms with Gasteiger partial charge in [0.2, 0.25) is 5.91 Å². The summed E-state index contributed by atoms with van der Waals surface area (Å²) in [5.41, 5.74) is 6.14. The van der Waals surface area contributed by atoms with Gasteiger partial charge < -0.3 is 10.6 Å². The van der Waals surface area contributed by atoms with Gasteiger partial charge in [0.1, 0.15) is 11.8 Å². The maximum Gasteiger partial charge on any atom is 0.246 e. The maximum atomic E-state index is 13.6. The Labute approximate surface area is 168 Å². The molecule has 3 atom stereocenters. The van der Waals surface area contributed by atoms with E-state index in [4.69, 9.17) is 4.84 Å². The lowest BCUT2D eigenvalue weighted by Gasteiger charge is -2.37. The molecular formula is C22H34N4O2. The molecule has 1 aromatic carbocycles. The van der Waals surface area contributed by atoms with Crippen molar-refractivity contribution in [3.8, 4) is 0 Å². The zero-order valence-electron chi connectivity index (χ0n) is 17.1. The van der Waals surface area contributed by atoms with E-state index in [2.05, 4.69) is 46.6 Å². The molecular weight excluding hydrogens is 352 g/mol. The minimum atomic E-state index is -0.515. The number of para-hydroxylation sites is 1. The van der Waals surface area contributed by atoms with Crippen LogP contribution in [0, 0.1) is 12.8 Å². The second-order valence-electron chi connectivity index (χ2n) is 8.71. The minimum absolute atomic E-state index is 0.00649. The van der Waals surface area contributed by atoms with E-state index in [9.17, 15) is 4.79 Å². The molecule has 6 nitrogen and oxygen atoms in total. The second-order valence-corrected chi connectivity index (χ2v) is 8.71. The largest absolute Gasteiger partial charge is 0.370 e. The van der Waals surface area contributed by atoms with E-state index in [1.165, 1.54) is 42.5 Å². The van der Waals surface area contributed by atoms with Gasteiger partial charge in [-0.15, -0.1) is 0 Å². The Bertz CT molecular complexity index is 702. The molecule has 2 heterocycles. The summed E-state index contributed by atoms with van der Waals surface area (Å²) in [6.07, 6.45) is 8.96. The molecule has 0 radical (unpaired) electrons. The monoisotopic (exact) mass is 386 g/mol. The van der Waals surface area contributed by atoms with Gasteiger partial charge >= 0.3 is 0 Å². The van der Waals surface area contributed by atoms with Crippen molar-refractivity contribution < 1.29 is 9.63 Å². The summed E-state index contributed by atoms with van der Waals surface area (Å²) in [5.74, 6) is 0.537. The Balaban J connectivity index is 1.49. The highest BCUT2D eigenvalue weighted by molar-refractivity contribution is 5.93. The summed E-state index contributed by atoms with van der Waals surface area (Å²) >= 11 is 0. The number of aryl methyl sites for hydroxylation is 1. The number of benzene rings is 1. The van der Waals surface area contributed by atoms with Crippen LogP contribution in [0.25, 0.3) is 0 Å². The van der Waals surface area contributed by atoms with Gasteiger partial charge in [0.05, 0.1) is 6.17 Å². The van der Waals surface area contributed by atoms with E-state index in [0.29, 0.717) is 12.5 Å². The molecule has 0 spiro atoms. The van der Waals surface area contributed by atoms with Crippen LogP contribution in [-0.4, -0.2) is 30.4 Å². The van der Waals surface area contributed by atoms with Crippen molar-refractivity contribution in [2.45, 2.75) is 83.1 Å². The van der Waals surface area contributed by atoms with Crippen LogP contribution in [0.5, 0.6) is 0 Å². The number of hydrogen-bond donors (Lipinski definition) is 4. The number of anilines is 1. The van der Waals surface area contributed by atoms with Crippen LogP contribution >= 0.6 is 0 Å². The van der Waals surface area contributed by atoms with E-state index >= 15 is 0 Å². The van der Waals surface area contributed by atoms with Crippen molar-refractivity contribution >= 4 is 11.6 Å². The quantitative estimate of drug-likeness (QED) is 0.586. The van der Waals surface area contributed by atoms with Crippen molar-refractivity contribution in [1.82, 2.24) is 16.1 Å². The molecule has 0 bridgehead atoms. The average Bonchev–Trinajstić information content (AvgIpc) is 3.17. The van der Waals surface area contributed by atoms with Gasteiger partial charge in [0.15, 0.2) is 0 Å². The topological polar surface area (TPSA) is 74.4 Å². The van der Waals surface area contributed by atoms with E-state index in [1.807, 2.05) is 6.92 Å². The first kappa shape index (κ1) is 19.7. The fourth-order valence-electron chi connectivity index (χ4n) is 5.13. The molecule has 4 N–H and O–H groups in total. The van der Waals surface area contributed by atoms with Gasteiger partial charge in [-0.05, 0) is 50.2 Å². The Kier molecular flexibility index (Phi) is 5.90. The molecule has 3 aliphatic rings. The lowest BCUT2D eigenvalue weighted by Crippen LogP contribution is -2.57. The molecule has 28 heavy (non-hydrogen) atoms. The third kappa shape index (κ3) is 3.91. The molecule has 1 aromatic rings. The number of hydrogen-bond acceptors (Lipinski definition) is 5. The Hall–Kier alpha value is -1.63. The van der Waals surface area contributed by atoms with Gasteiger partial charge in [0.25, 0.3) is 0 Å². The number of carbonyl (C=O) groups is 1. The maximum absolute atomic E-state index is 13.6. The standard InChI is InChI=1S/C22H34N4O2/c1-15-8-7-9-17-14-22(25-20(15)17,18-10-5-3-4-6-11-18)21(27)23-13-12-19-24-16(2)28-26-19/h7-9,16,18-19,24-26H,3-6,10-14H2,1-2H3,(H,23,27). The van der Waals surface area contributed by atoms with Crippen LogP contribution in [0.2, 0.25) is 0 Å². The van der Waals surface area contributed by atoms with Crippen LogP contribution < -0.4 is 21.4 Å². The van der Waals surface area contributed by atoms with Gasteiger partial charge in [-0.2, -0.15) is 5.48 Å². The first-order valence-electron chi connectivity index (χ1n) is 10.9. The molecule has 2 fully saturated rings. The van der Waals surface area contributed by atoms with Crippen molar-refractivity contribution in [3.05, 3.63) is 29.3 Å². The zero-order valence-corrected chi connectivity index (χ0v) is 17.1. The zero-order chi connectivity index (χ0) is 19.6. The smallest absolute Gasteiger partial charge is 0.246 e. The highest BCUT2D eigenvalue weighted by Gasteiger charge is 2.49. The molecule has 1 aliphatic carbocycles. The highest BCUT2D eigenvalue weighted by Crippen LogP contribution is 2.43. The second kappa shape index (κ2) is 8.39. The number of hydroxylamine groups is 1. The van der Waals surface area contributed by atoms with Crippen LogP contribution in [-0.2, 0) is 16.1 Å². The first-order chi connectivity index (χ1) is 13.6. The molecule has 3 unspecified atom stereocenters. The Morgan fingerprint density at radius 2 is 2.04 bits per heavy atom. The molecule has 1 saturated heterocycles. The Morgan fingerprint density at radius 1 is 1.25 bits per heavy atom. The predicted molar refractivity (Wildman–Crippen MR) is 111 cm³/mol. The van der Waals surface area contributed by atoms with Crippen LogP contribution in [0.1, 0.15) is 63.0 Å². The minimum Gasteiger partial charge on any atom is -0.370 e. The van der Waals surface area contributed by atoms with E-state index < -0.39 is 5.54 Å². The molecule has 0 aromatic heterocycles. The fourth-order valence-corrected chi connectivity index (χ4v) is 5.13. The molecule has 1 saturated carbocycles. The van der Waals surface area contributed by atoms with Crippen molar-refractivity contribution in [3.63, 3.8) is 0 Å². The third-order valence-corrected chi connectivity index (χ3v) is 6.68. The number of fused-ring (bicyclic) bond motifs is 1. The van der Waals surface area contributed by atoms with Crippen LogP contribution in [0.15, 0.2) is 18.2 Å². The predicted octanol–water partition coefficient (Wildman–Crippen LogP) is 2.98. The number of nitrogens with one attached hydrogen (secondary N) is 4. The number of rotatable bonds is 5. The lowest BCUT2D eigenvalue weighted by atomic mass is 9.76. The van der Waals surface area contributed by atoms with Crippen LogP contribution in [0.4, 0.5) is 5.69 Å². The molecule has 1 amide bonds. The normalized spacial score (nSPS) is 30.5. The molecule has 2 aliphatic heterocycles. The van der Waals surface area contributed by atoms with Gasteiger partial charge in [-0.1, -0.05) is 43.9 Å². The van der Waals surface area contributed by atoms with Crippen molar-refractivity contribution in [2.24, 2.45) is 5.92 Å². The molecule has 154 valence electrons. The summed E-state index contributed by atoms with van der Waals surface area (Å²) in [7, 11) is 0. The van der Waals surface area contributed by atoms with E-state index in [1.54, 1.807) is 0 Å². The van der Waals surface area contributed by atoms with Gasteiger partial charge in [0, 0.05) is 18.7 Å².